The molecule has 0 spiro atoms. The van der Waals surface area contributed by atoms with Crippen molar-refractivity contribution in [3.05, 3.63) is 59.2 Å². The predicted molar refractivity (Wildman–Crippen MR) is 161 cm³/mol. The highest BCUT2D eigenvalue weighted by atomic mass is 16.6. The molecular weight excluding hydrogens is 522 g/mol. The number of hydrogen-bond acceptors (Lipinski definition) is 6. The van der Waals surface area contributed by atoms with Gasteiger partial charge in [-0.05, 0) is 76.4 Å². The van der Waals surface area contributed by atoms with Crippen LogP contribution in [-0.2, 0) is 14.3 Å². The van der Waals surface area contributed by atoms with Gasteiger partial charge in [0.15, 0.2) is 0 Å². The molecule has 2 unspecified atom stereocenters. The van der Waals surface area contributed by atoms with Crippen molar-refractivity contribution >= 4 is 23.6 Å². The van der Waals surface area contributed by atoms with Crippen molar-refractivity contribution in [3.8, 4) is 5.75 Å². The molecule has 0 fully saturated rings. The number of nitrogens with zero attached hydrogens (tertiary/aromatic N) is 1. The number of ether oxygens (including phenoxy) is 2. The number of carbonyl (C=O) groups excluding carboxylic acids is 3. The zero-order chi connectivity index (χ0) is 30.6. The van der Waals surface area contributed by atoms with Crippen LogP contribution in [0.1, 0.15) is 82.5 Å². The molecule has 9 heteroatoms. The zero-order valence-corrected chi connectivity index (χ0v) is 25.6. The Hall–Kier alpha value is -3.59. The van der Waals surface area contributed by atoms with Gasteiger partial charge in [0.2, 0.25) is 5.91 Å². The summed E-state index contributed by atoms with van der Waals surface area (Å²) in [6.45, 7) is 10.8. The average molecular weight is 570 g/mol. The number of carbonyl (C=O) groups is 3. The molecule has 2 atom stereocenters. The first kappa shape index (κ1) is 33.6. The molecule has 2 aromatic carbocycles. The Morgan fingerprint density at radius 3 is 2.20 bits per heavy atom. The number of rotatable bonds is 14. The molecule has 0 aliphatic carbocycles. The van der Waals surface area contributed by atoms with Gasteiger partial charge in [0.1, 0.15) is 23.4 Å². The van der Waals surface area contributed by atoms with Crippen LogP contribution in [0.25, 0.3) is 0 Å². The van der Waals surface area contributed by atoms with Gasteiger partial charge in [0, 0.05) is 12.2 Å². The Morgan fingerprint density at radius 2 is 1.63 bits per heavy atom. The van der Waals surface area contributed by atoms with Gasteiger partial charge in [0.25, 0.3) is 5.91 Å². The van der Waals surface area contributed by atoms with E-state index in [4.69, 9.17) is 9.47 Å². The molecule has 3 amide bonds. The molecule has 41 heavy (non-hydrogen) atoms. The van der Waals surface area contributed by atoms with Crippen molar-refractivity contribution in [3.63, 3.8) is 0 Å². The lowest BCUT2D eigenvalue weighted by atomic mass is 9.96. The number of aliphatic hydroxyl groups excluding tert-OH is 1. The summed E-state index contributed by atoms with van der Waals surface area (Å²) in [5, 5.41) is 15.6. The number of aliphatic hydroxyl groups is 1. The van der Waals surface area contributed by atoms with Crippen molar-refractivity contribution in [1.82, 2.24) is 10.2 Å². The van der Waals surface area contributed by atoms with E-state index in [0.29, 0.717) is 23.4 Å². The van der Waals surface area contributed by atoms with Crippen LogP contribution in [0.3, 0.4) is 0 Å². The van der Waals surface area contributed by atoms with Crippen molar-refractivity contribution < 1.29 is 29.0 Å². The topological polar surface area (TPSA) is 117 Å². The van der Waals surface area contributed by atoms with Gasteiger partial charge < -0.3 is 30.1 Å². The van der Waals surface area contributed by atoms with E-state index in [-0.39, 0.29) is 6.54 Å². The number of nitrogens with one attached hydrogen (secondary N) is 2. The summed E-state index contributed by atoms with van der Waals surface area (Å²) in [4.78, 5) is 42.0. The minimum atomic E-state index is -1.29. The predicted octanol–water partition coefficient (Wildman–Crippen LogP) is 5.68. The fourth-order valence-corrected chi connectivity index (χ4v) is 4.56. The molecule has 9 nitrogen and oxygen atoms in total. The minimum absolute atomic E-state index is 0.267. The van der Waals surface area contributed by atoms with Crippen LogP contribution >= 0.6 is 0 Å². The first-order valence-corrected chi connectivity index (χ1v) is 14.3. The van der Waals surface area contributed by atoms with E-state index in [1.165, 1.54) is 4.90 Å². The van der Waals surface area contributed by atoms with Gasteiger partial charge in [-0.1, -0.05) is 56.4 Å². The molecule has 0 aliphatic rings. The third kappa shape index (κ3) is 10.7. The van der Waals surface area contributed by atoms with Crippen LogP contribution < -0.4 is 15.4 Å². The summed E-state index contributed by atoms with van der Waals surface area (Å²) in [5.74, 6) is -0.321. The number of methoxy groups -OCH3 is 1. The molecule has 3 N–H and O–H groups in total. The Kier molecular flexibility index (Phi) is 13.1. The molecule has 226 valence electrons. The SMILES string of the molecule is CCCCCCCN(C(=O)C(CO)NC(=O)OC(C)(C)C)C(C(=O)Nc1ccc(OC)cc1)c1ccc(C)cc1C. The summed E-state index contributed by atoms with van der Waals surface area (Å²) in [6.07, 6.45) is 3.87. The second-order valence-electron chi connectivity index (χ2n) is 11.3. The molecule has 0 radical (unpaired) electrons. The second-order valence-corrected chi connectivity index (χ2v) is 11.3. The number of anilines is 1. The van der Waals surface area contributed by atoms with Crippen LogP contribution in [0.4, 0.5) is 10.5 Å². The maximum absolute atomic E-state index is 14.0. The number of benzene rings is 2. The summed E-state index contributed by atoms with van der Waals surface area (Å²) in [5.41, 5.74) is 2.30. The highest BCUT2D eigenvalue weighted by Gasteiger charge is 2.36. The van der Waals surface area contributed by atoms with E-state index in [2.05, 4.69) is 17.6 Å². The minimum Gasteiger partial charge on any atom is -0.497 e. The van der Waals surface area contributed by atoms with Crippen LogP contribution in [0.15, 0.2) is 42.5 Å². The van der Waals surface area contributed by atoms with Crippen molar-refractivity contribution in [2.45, 2.75) is 91.3 Å². The molecular formula is C32H47N3O6. The molecule has 0 aromatic heterocycles. The number of hydrogen-bond donors (Lipinski definition) is 3. The Balaban J connectivity index is 2.50. The van der Waals surface area contributed by atoms with Crippen LogP contribution in [0.5, 0.6) is 5.75 Å². The standard InChI is InChI=1S/C32H47N3O6/c1-8-9-10-11-12-19-35(30(38)27(21-36)34-31(39)41-32(4,5)6)28(26-18-13-22(2)20-23(26)3)29(37)33-24-14-16-25(40-7)17-15-24/h13-18,20,27-28,36H,8-12,19,21H2,1-7H3,(H,33,37)(H,34,39). The molecule has 2 aromatic rings. The molecule has 0 saturated carbocycles. The quantitative estimate of drug-likeness (QED) is 0.252. The van der Waals surface area contributed by atoms with E-state index in [1.54, 1.807) is 52.1 Å². The van der Waals surface area contributed by atoms with Crippen molar-refractivity contribution in [2.24, 2.45) is 0 Å². The summed E-state index contributed by atoms with van der Waals surface area (Å²) < 4.78 is 10.6. The van der Waals surface area contributed by atoms with Crippen molar-refractivity contribution in [1.29, 1.82) is 0 Å². The van der Waals surface area contributed by atoms with E-state index < -0.39 is 42.2 Å². The van der Waals surface area contributed by atoms with Gasteiger partial charge in [-0.15, -0.1) is 0 Å². The summed E-state index contributed by atoms with van der Waals surface area (Å²) in [6, 6.07) is 10.4. The monoisotopic (exact) mass is 569 g/mol. The van der Waals surface area contributed by atoms with E-state index in [0.717, 1.165) is 36.8 Å². The fraction of sp³-hybridized carbons (Fsp3) is 0.531. The molecule has 0 aliphatic heterocycles. The Morgan fingerprint density at radius 1 is 0.976 bits per heavy atom. The van der Waals surface area contributed by atoms with Gasteiger partial charge in [0.05, 0.1) is 13.7 Å². The van der Waals surface area contributed by atoms with Gasteiger partial charge in [-0.25, -0.2) is 4.79 Å². The number of alkyl carbamates (subject to hydrolysis) is 1. The third-order valence-corrected chi connectivity index (χ3v) is 6.59. The Bertz CT molecular complexity index is 1140. The lowest BCUT2D eigenvalue weighted by molar-refractivity contribution is -0.141. The number of amides is 3. The lowest BCUT2D eigenvalue weighted by Gasteiger charge is -2.35. The van der Waals surface area contributed by atoms with E-state index in [9.17, 15) is 19.5 Å². The van der Waals surface area contributed by atoms with Gasteiger partial charge in [-0.2, -0.15) is 0 Å². The number of aryl methyl sites for hydroxylation is 2. The van der Waals surface area contributed by atoms with Crippen molar-refractivity contribution in [2.75, 3.05) is 25.6 Å². The molecule has 0 saturated heterocycles. The van der Waals surface area contributed by atoms with Gasteiger partial charge >= 0.3 is 6.09 Å². The first-order chi connectivity index (χ1) is 19.4. The molecule has 0 bridgehead atoms. The molecule has 2 rings (SSSR count). The van der Waals surface area contributed by atoms with Crippen LogP contribution in [-0.4, -0.2) is 59.8 Å². The van der Waals surface area contributed by atoms with E-state index >= 15 is 0 Å². The van der Waals surface area contributed by atoms with Gasteiger partial charge in [-0.3, -0.25) is 9.59 Å². The normalized spacial score (nSPS) is 12.7. The lowest BCUT2D eigenvalue weighted by Crippen LogP contribution is -2.54. The third-order valence-electron chi connectivity index (χ3n) is 6.59. The number of unbranched alkanes of at least 4 members (excludes halogenated alkanes) is 4. The second kappa shape index (κ2) is 16.0. The fourth-order valence-electron chi connectivity index (χ4n) is 4.56. The maximum Gasteiger partial charge on any atom is 0.408 e. The Labute approximate surface area is 244 Å². The summed E-state index contributed by atoms with van der Waals surface area (Å²) >= 11 is 0. The van der Waals surface area contributed by atoms with Crippen LogP contribution in [0.2, 0.25) is 0 Å². The van der Waals surface area contributed by atoms with E-state index in [1.807, 2.05) is 32.0 Å². The maximum atomic E-state index is 14.0. The highest BCUT2D eigenvalue weighted by Crippen LogP contribution is 2.29. The first-order valence-electron chi connectivity index (χ1n) is 14.3. The molecule has 0 heterocycles. The smallest absolute Gasteiger partial charge is 0.408 e. The highest BCUT2D eigenvalue weighted by molar-refractivity contribution is 5.99. The van der Waals surface area contributed by atoms with Crippen LogP contribution in [0, 0.1) is 13.8 Å². The summed E-state index contributed by atoms with van der Waals surface area (Å²) in [7, 11) is 1.57. The average Bonchev–Trinajstić information content (AvgIpc) is 2.90. The largest absolute Gasteiger partial charge is 0.497 e. The zero-order valence-electron chi connectivity index (χ0n) is 25.6.